The minimum absolute atomic E-state index is 0.0139. The number of aliphatic hydroxyl groups excluding tert-OH is 1. The first-order chi connectivity index (χ1) is 20.5. The molecule has 12 heteroatoms. The molecular formula is C31H38N4O7S. The number of oxazole rings is 1. The topological polar surface area (TPSA) is 152 Å². The van der Waals surface area contributed by atoms with Gasteiger partial charge >= 0.3 is 5.97 Å². The minimum atomic E-state index is -1.72. The number of aliphatic hydroxyl groups is 1. The van der Waals surface area contributed by atoms with Gasteiger partial charge < -0.3 is 34.7 Å². The van der Waals surface area contributed by atoms with Crippen LogP contribution in [0.5, 0.6) is 5.75 Å². The first kappa shape index (κ1) is 29.6. The van der Waals surface area contributed by atoms with Crippen molar-refractivity contribution >= 4 is 28.2 Å². The zero-order valence-electron chi connectivity index (χ0n) is 24.7. The molecule has 1 aliphatic heterocycles. The molecule has 0 bridgehead atoms. The van der Waals surface area contributed by atoms with Gasteiger partial charge in [-0.3, -0.25) is 9.69 Å². The number of ether oxygens (including phenoxy) is 2. The predicted octanol–water partition coefficient (Wildman–Crippen LogP) is 4.40. The Kier molecular flexibility index (Phi) is 7.74. The zero-order valence-corrected chi connectivity index (χ0v) is 25.5. The van der Waals surface area contributed by atoms with Crippen LogP contribution in [0.15, 0.2) is 41.1 Å². The average molecular weight is 611 g/mol. The standard InChI is InChI=1S/C31H38N4O7S/c1-16-24-27(36)35(31(2,3)29(37)38)30(39)34(28(24)43-25(16)26-33-9-10-41-26)15-23(21-7-5-6-8-22(21)40-4)42-20-13-17-11-19(32)12-18(17)14-20/h5-10,17-20,23,30,39H,11-15,32H2,1-4H3,(H,37,38). The van der Waals surface area contributed by atoms with Gasteiger partial charge in [-0.1, -0.05) is 18.2 Å². The summed E-state index contributed by atoms with van der Waals surface area (Å²) < 4.78 is 18.2. The number of aromatic nitrogens is 1. The number of carbonyl (C=O) groups excluding carboxylic acids is 1. The van der Waals surface area contributed by atoms with Gasteiger partial charge in [-0.15, -0.1) is 11.3 Å². The summed E-state index contributed by atoms with van der Waals surface area (Å²) in [6.07, 6.45) is 4.63. The molecular weight excluding hydrogens is 572 g/mol. The van der Waals surface area contributed by atoms with E-state index in [1.807, 2.05) is 24.3 Å². The zero-order chi connectivity index (χ0) is 30.6. The number of anilines is 1. The van der Waals surface area contributed by atoms with Gasteiger partial charge in [0.05, 0.1) is 36.4 Å². The van der Waals surface area contributed by atoms with Crippen molar-refractivity contribution in [3.63, 3.8) is 0 Å². The van der Waals surface area contributed by atoms with Crippen molar-refractivity contribution in [2.75, 3.05) is 18.6 Å². The molecule has 0 radical (unpaired) electrons. The number of para-hydroxylation sites is 1. The lowest BCUT2D eigenvalue weighted by Gasteiger charge is -2.47. The normalized spacial score (nSPS) is 26.0. The fraction of sp³-hybridized carbons (Fsp3) is 0.516. The number of benzene rings is 1. The third-order valence-corrected chi connectivity index (χ3v) is 10.6. The summed E-state index contributed by atoms with van der Waals surface area (Å²) in [7, 11) is 1.60. The molecule has 0 saturated heterocycles. The summed E-state index contributed by atoms with van der Waals surface area (Å²) in [5, 5.41) is 22.4. The number of fused-ring (bicyclic) bond motifs is 2. The second-order valence-corrected chi connectivity index (χ2v) is 13.3. The molecule has 3 heterocycles. The number of carboxylic acids is 1. The first-order valence-corrected chi connectivity index (χ1v) is 15.4. The Hall–Kier alpha value is -3.45. The van der Waals surface area contributed by atoms with E-state index in [9.17, 15) is 19.8 Å². The maximum absolute atomic E-state index is 14.0. The van der Waals surface area contributed by atoms with Gasteiger partial charge in [0.15, 0.2) is 0 Å². The van der Waals surface area contributed by atoms with Crippen LogP contribution in [0, 0.1) is 18.8 Å². The van der Waals surface area contributed by atoms with Crippen LogP contribution in [0.2, 0.25) is 0 Å². The number of nitrogens with zero attached hydrogens (tertiary/aromatic N) is 3. The van der Waals surface area contributed by atoms with E-state index in [2.05, 4.69) is 4.98 Å². The maximum atomic E-state index is 14.0. The summed E-state index contributed by atoms with van der Waals surface area (Å²) in [4.78, 5) is 34.0. The average Bonchev–Trinajstić information content (AvgIpc) is 3.74. The highest BCUT2D eigenvalue weighted by molar-refractivity contribution is 7.20. The molecule has 4 atom stereocenters. The number of hydrogen-bond acceptors (Lipinski definition) is 10. The number of methoxy groups -OCH3 is 1. The molecule has 3 aromatic rings. The number of aliphatic carboxylic acids is 1. The van der Waals surface area contributed by atoms with Crippen LogP contribution in [0.25, 0.3) is 10.8 Å². The number of carbonyl (C=O) groups is 2. The highest BCUT2D eigenvalue weighted by Crippen LogP contribution is 2.49. The quantitative estimate of drug-likeness (QED) is 0.318. The van der Waals surface area contributed by atoms with Crippen LogP contribution in [-0.4, -0.2) is 69.7 Å². The van der Waals surface area contributed by atoms with E-state index in [0.29, 0.717) is 44.5 Å². The van der Waals surface area contributed by atoms with E-state index in [-0.39, 0.29) is 18.7 Å². The Balaban J connectivity index is 1.42. The number of nitrogens with two attached hydrogens (primary N) is 1. The number of thiophene rings is 1. The van der Waals surface area contributed by atoms with Crippen LogP contribution < -0.4 is 15.4 Å². The fourth-order valence-electron chi connectivity index (χ4n) is 7.06. The molecule has 2 aliphatic carbocycles. The predicted molar refractivity (Wildman–Crippen MR) is 160 cm³/mol. The molecule has 1 aromatic carbocycles. The molecule has 1 amide bonds. The summed E-state index contributed by atoms with van der Waals surface area (Å²) in [6.45, 7) is 4.73. The first-order valence-electron chi connectivity index (χ1n) is 14.6. The van der Waals surface area contributed by atoms with E-state index >= 15 is 0 Å². The van der Waals surface area contributed by atoms with Crippen molar-refractivity contribution in [3.05, 3.63) is 53.4 Å². The van der Waals surface area contributed by atoms with E-state index < -0.39 is 29.9 Å². The Labute approximate surface area is 254 Å². The van der Waals surface area contributed by atoms with Crippen molar-refractivity contribution in [1.82, 2.24) is 9.88 Å². The number of amides is 1. The van der Waals surface area contributed by atoms with Gasteiger partial charge in [0, 0.05) is 11.6 Å². The van der Waals surface area contributed by atoms with Crippen LogP contribution >= 0.6 is 11.3 Å². The van der Waals surface area contributed by atoms with Crippen LogP contribution in [0.1, 0.15) is 67.1 Å². The Bertz CT molecular complexity index is 1490. The SMILES string of the molecule is COc1ccccc1C(CN1c2sc(-c3ncco3)c(C)c2C(=O)N(C(C)(C)C(=O)O)C1O)OC1CC2CC(N)CC2C1. The molecule has 230 valence electrons. The lowest BCUT2D eigenvalue weighted by molar-refractivity contribution is -0.154. The van der Waals surface area contributed by atoms with Crippen LogP contribution in [-0.2, 0) is 9.53 Å². The van der Waals surface area contributed by atoms with E-state index in [1.54, 1.807) is 18.9 Å². The number of carboxylic acid groups (broad SMARTS) is 1. The summed E-state index contributed by atoms with van der Waals surface area (Å²) in [5.74, 6) is 0.221. The largest absolute Gasteiger partial charge is 0.496 e. The molecule has 2 saturated carbocycles. The van der Waals surface area contributed by atoms with Gasteiger partial charge in [-0.05, 0) is 69.9 Å². The van der Waals surface area contributed by atoms with Crippen molar-refractivity contribution in [1.29, 1.82) is 0 Å². The van der Waals surface area contributed by atoms with Crippen molar-refractivity contribution in [2.45, 2.75) is 76.6 Å². The highest BCUT2D eigenvalue weighted by atomic mass is 32.1. The molecule has 43 heavy (non-hydrogen) atoms. The smallest absolute Gasteiger partial charge is 0.329 e. The molecule has 0 spiro atoms. The van der Waals surface area contributed by atoms with Gasteiger partial charge in [0.1, 0.15) is 28.7 Å². The molecule has 4 N–H and O–H groups in total. The van der Waals surface area contributed by atoms with E-state index in [0.717, 1.165) is 36.1 Å². The third-order valence-electron chi connectivity index (χ3n) is 9.30. The van der Waals surface area contributed by atoms with Gasteiger partial charge in [-0.25, -0.2) is 9.78 Å². The van der Waals surface area contributed by atoms with Crippen LogP contribution in [0.4, 0.5) is 5.00 Å². The lowest BCUT2D eigenvalue weighted by Crippen LogP contribution is -2.65. The number of hydrogen-bond donors (Lipinski definition) is 3. The maximum Gasteiger partial charge on any atom is 0.329 e. The summed E-state index contributed by atoms with van der Waals surface area (Å²) in [5.41, 5.74) is 6.23. The van der Waals surface area contributed by atoms with E-state index in [4.69, 9.17) is 19.6 Å². The molecule has 2 aromatic heterocycles. The minimum Gasteiger partial charge on any atom is -0.496 e. The second-order valence-electron chi connectivity index (χ2n) is 12.3. The van der Waals surface area contributed by atoms with Crippen molar-refractivity contribution in [3.8, 4) is 16.5 Å². The Morgan fingerprint density at radius 1 is 1.23 bits per heavy atom. The second kappa shape index (κ2) is 11.2. The molecule has 4 unspecified atom stereocenters. The Morgan fingerprint density at radius 2 is 1.93 bits per heavy atom. The van der Waals surface area contributed by atoms with Gasteiger partial charge in [-0.2, -0.15) is 0 Å². The van der Waals surface area contributed by atoms with Gasteiger partial charge in [0.25, 0.3) is 5.91 Å². The molecule has 2 fully saturated rings. The molecule has 3 aliphatic rings. The third kappa shape index (κ3) is 5.09. The molecule has 6 rings (SSSR count). The Morgan fingerprint density at radius 3 is 2.56 bits per heavy atom. The monoisotopic (exact) mass is 610 g/mol. The fourth-order valence-corrected chi connectivity index (χ4v) is 8.33. The van der Waals surface area contributed by atoms with Gasteiger partial charge in [0.2, 0.25) is 12.2 Å². The molecule has 11 nitrogen and oxygen atoms in total. The highest BCUT2D eigenvalue weighted by Gasteiger charge is 2.51. The van der Waals surface area contributed by atoms with E-state index in [1.165, 1.54) is 37.6 Å². The van der Waals surface area contributed by atoms with Crippen molar-refractivity contribution in [2.24, 2.45) is 17.6 Å². The summed E-state index contributed by atoms with van der Waals surface area (Å²) >= 11 is 1.27. The van der Waals surface area contributed by atoms with Crippen molar-refractivity contribution < 1.29 is 33.7 Å². The summed E-state index contributed by atoms with van der Waals surface area (Å²) in [6, 6.07) is 7.84. The number of rotatable bonds is 9. The lowest BCUT2D eigenvalue weighted by atomic mass is 9.98. The van der Waals surface area contributed by atoms with Crippen LogP contribution in [0.3, 0.4) is 0 Å².